The minimum absolute atomic E-state index is 0.0413. The van der Waals surface area contributed by atoms with E-state index in [0.29, 0.717) is 16.4 Å². The molecule has 0 heterocycles. The second-order valence-corrected chi connectivity index (χ2v) is 5.00. The predicted molar refractivity (Wildman–Crippen MR) is 84.0 cm³/mol. The highest BCUT2D eigenvalue weighted by atomic mass is 35.5. The van der Waals surface area contributed by atoms with Crippen LogP contribution in [-0.4, -0.2) is 5.91 Å². The lowest BCUT2D eigenvalue weighted by Gasteiger charge is -2.15. The van der Waals surface area contributed by atoms with Crippen molar-refractivity contribution >= 4 is 28.9 Å². The van der Waals surface area contributed by atoms with Gasteiger partial charge in [-0.15, -0.1) is 0 Å². The first-order valence-corrected chi connectivity index (χ1v) is 6.90. The zero-order valence-electron chi connectivity index (χ0n) is 11.3. The van der Waals surface area contributed by atoms with Crippen LogP contribution in [0.15, 0.2) is 48.5 Å². The lowest BCUT2D eigenvalue weighted by Crippen LogP contribution is -2.20. The Bertz CT molecular complexity index is 599. The number of carbonyl (C=O) groups excluding carboxylic acids is 1. The van der Waals surface area contributed by atoms with E-state index in [-0.39, 0.29) is 11.8 Å². The summed E-state index contributed by atoms with van der Waals surface area (Å²) in [5.74, 6) is -0.214. The maximum Gasteiger partial charge on any atom is 0.231 e. The molecule has 1 amide bonds. The fraction of sp³-hybridized carbons (Fsp3) is 0.188. The van der Waals surface area contributed by atoms with Gasteiger partial charge in [0.2, 0.25) is 5.91 Å². The monoisotopic (exact) mass is 288 g/mol. The van der Waals surface area contributed by atoms with Gasteiger partial charge in [-0.05, 0) is 30.2 Å². The Morgan fingerprint density at radius 3 is 2.55 bits per heavy atom. The lowest BCUT2D eigenvalue weighted by atomic mass is 9.95. The topological polar surface area (TPSA) is 55.1 Å². The van der Waals surface area contributed by atoms with E-state index < -0.39 is 0 Å². The molecule has 0 saturated carbocycles. The molecular formula is C16H17ClN2O. The molecule has 0 aliphatic carbocycles. The van der Waals surface area contributed by atoms with Gasteiger partial charge in [0.05, 0.1) is 16.6 Å². The van der Waals surface area contributed by atoms with Crippen molar-refractivity contribution in [2.75, 3.05) is 11.1 Å². The molecule has 2 aromatic rings. The Hall–Kier alpha value is -2.00. The Morgan fingerprint density at radius 2 is 1.95 bits per heavy atom. The second-order valence-electron chi connectivity index (χ2n) is 4.60. The van der Waals surface area contributed by atoms with Crippen LogP contribution in [0.4, 0.5) is 11.4 Å². The largest absolute Gasteiger partial charge is 0.397 e. The third-order valence-corrected chi connectivity index (χ3v) is 3.53. The number of benzene rings is 2. The van der Waals surface area contributed by atoms with Crippen molar-refractivity contribution in [3.8, 4) is 0 Å². The van der Waals surface area contributed by atoms with E-state index in [9.17, 15) is 4.79 Å². The van der Waals surface area contributed by atoms with Crippen molar-refractivity contribution in [2.45, 2.75) is 19.3 Å². The number of nitrogen functional groups attached to an aromatic ring is 1. The molecule has 0 bridgehead atoms. The van der Waals surface area contributed by atoms with Crippen molar-refractivity contribution in [1.29, 1.82) is 0 Å². The summed E-state index contributed by atoms with van der Waals surface area (Å²) in [6.07, 6.45) is 0.735. The quantitative estimate of drug-likeness (QED) is 0.834. The maximum atomic E-state index is 12.4. The van der Waals surface area contributed by atoms with Crippen molar-refractivity contribution in [3.63, 3.8) is 0 Å². The molecule has 0 spiro atoms. The van der Waals surface area contributed by atoms with Gasteiger partial charge in [0.15, 0.2) is 0 Å². The van der Waals surface area contributed by atoms with Crippen LogP contribution in [0.3, 0.4) is 0 Å². The fourth-order valence-electron chi connectivity index (χ4n) is 2.11. The molecule has 104 valence electrons. The average molecular weight is 289 g/mol. The molecule has 2 aromatic carbocycles. The first-order chi connectivity index (χ1) is 9.61. The van der Waals surface area contributed by atoms with Gasteiger partial charge in [0.25, 0.3) is 0 Å². The SMILES string of the molecule is CCC(C(=O)Nc1ccc(Cl)c(N)c1)c1ccccc1. The summed E-state index contributed by atoms with van der Waals surface area (Å²) in [7, 11) is 0. The maximum absolute atomic E-state index is 12.4. The molecule has 20 heavy (non-hydrogen) atoms. The van der Waals surface area contributed by atoms with Crippen LogP contribution < -0.4 is 11.1 Å². The molecule has 4 heteroatoms. The van der Waals surface area contributed by atoms with E-state index in [0.717, 1.165) is 12.0 Å². The van der Waals surface area contributed by atoms with Crippen LogP contribution in [-0.2, 0) is 4.79 Å². The smallest absolute Gasteiger partial charge is 0.231 e. The van der Waals surface area contributed by atoms with E-state index in [1.165, 1.54) is 0 Å². The Morgan fingerprint density at radius 1 is 1.25 bits per heavy atom. The molecule has 0 aliphatic rings. The van der Waals surface area contributed by atoms with Gasteiger partial charge >= 0.3 is 0 Å². The number of halogens is 1. The highest BCUT2D eigenvalue weighted by Gasteiger charge is 2.18. The molecule has 0 aliphatic heterocycles. The minimum Gasteiger partial charge on any atom is -0.397 e. The van der Waals surface area contributed by atoms with Crippen LogP contribution in [0.2, 0.25) is 5.02 Å². The number of hydrogen-bond donors (Lipinski definition) is 2. The lowest BCUT2D eigenvalue weighted by molar-refractivity contribution is -0.117. The zero-order valence-corrected chi connectivity index (χ0v) is 12.0. The van der Waals surface area contributed by atoms with Crippen molar-refractivity contribution in [3.05, 3.63) is 59.1 Å². The van der Waals surface area contributed by atoms with Gasteiger partial charge in [-0.25, -0.2) is 0 Å². The van der Waals surface area contributed by atoms with E-state index in [1.807, 2.05) is 37.3 Å². The molecule has 3 nitrogen and oxygen atoms in total. The molecule has 0 fully saturated rings. The summed E-state index contributed by atoms with van der Waals surface area (Å²) in [5, 5.41) is 3.37. The summed E-state index contributed by atoms with van der Waals surface area (Å²) < 4.78 is 0. The van der Waals surface area contributed by atoms with Crippen LogP contribution >= 0.6 is 11.6 Å². The van der Waals surface area contributed by atoms with E-state index >= 15 is 0 Å². The number of carbonyl (C=O) groups is 1. The van der Waals surface area contributed by atoms with Gasteiger partial charge in [0, 0.05) is 5.69 Å². The van der Waals surface area contributed by atoms with E-state index in [1.54, 1.807) is 18.2 Å². The number of rotatable bonds is 4. The summed E-state index contributed by atoms with van der Waals surface area (Å²) >= 11 is 5.87. The van der Waals surface area contributed by atoms with Gasteiger partial charge < -0.3 is 11.1 Å². The van der Waals surface area contributed by atoms with Gasteiger partial charge in [-0.1, -0.05) is 48.9 Å². The van der Waals surface area contributed by atoms with E-state index in [4.69, 9.17) is 17.3 Å². The third-order valence-electron chi connectivity index (χ3n) is 3.19. The summed E-state index contributed by atoms with van der Waals surface area (Å²) in [4.78, 5) is 12.4. The molecule has 0 radical (unpaired) electrons. The van der Waals surface area contributed by atoms with Gasteiger partial charge in [0.1, 0.15) is 0 Å². The number of anilines is 2. The van der Waals surface area contributed by atoms with Gasteiger partial charge in [-0.3, -0.25) is 4.79 Å². The fourth-order valence-corrected chi connectivity index (χ4v) is 2.23. The first kappa shape index (κ1) is 14.4. The zero-order chi connectivity index (χ0) is 14.5. The summed E-state index contributed by atoms with van der Waals surface area (Å²) in [6.45, 7) is 1.99. The molecule has 2 rings (SSSR count). The van der Waals surface area contributed by atoms with E-state index in [2.05, 4.69) is 5.32 Å². The molecule has 1 atom stereocenters. The van der Waals surface area contributed by atoms with Gasteiger partial charge in [-0.2, -0.15) is 0 Å². The highest BCUT2D eigenvalue weighted by Crippen LogP contribution is 2.25. The summed E-state index contributed by atoms with van der Waals surface area (Å²) in [5.41, 5.74) is 7.86. The summed E-state index contributed by atoms with van der Waals surface area (Å²) in [6, 6.07) is 14.8. The normalized spacial score (nSPS) is 11.9. The Kier molecular flexibility index (Phi) is 4.64. The number of amides is 1. The second kappa shape index (κ2) is 6.44. The van der Waals surface area contributed by atoms with Crippen LogP contribution in [0, 0.1) is 0 Å². The molecule has 0 saturated heterocycles. The number of nitrogens with two attached hydrogens (primary N) is 1. The molecular weight excluding hydrogens is 272 g/mol. The Balaban J connectivity index is 2.15. The van der Waals surface area contributed by atoms with Crippen LogP contribution in [0.5, 0.6) is 0 Å². The standard InChI is InChI=1S/C16H17ClN2O/c1-2-13(11-6-4-3-5-7-11)16(20)19-12-8-9-14(17)15(18)10-12/h3-10,13H,2,18H2,1H3,(H,19,20). The molecule has 1 unspecified atom stereocenters. The molecule has 3 N–H and O–H groups in total. The van der Waals surface area contributed by atoms with Crippen molar-refractivity contribution in [2.24, 2.45) is 0 Å². The number of hydrogen-bond acceptors (Lipinski definition) is 2. The number of nitrogens with one attached hydrogen (secondary N) is 1. The molecule has 0 aromatic heterocycles. The van der Waals surface area contributed by atoms with Crippen molar-refractivity contribution < 1.29 is 4.79 Å². The van der Waals surface area contributed by atoms with Crippen molar-refractivity contribution in [1.82, 2.24) is 0 Å². The predicted octanol–water partition coefficient (Wildman–Crippen LogP) is 4.05. The highest BCUT2D eigenvalue weighted by molar-refractivity contribution is 6.33. The third kappa shape index (κ3) is 3.31. The minimum atomic E-state index is -0.173. The Labute approximate surface area is 123 Å². The van der Waals surface area contributed by atoms with Crippen LogP contribution in [0.1, 0.15) is 24.8 Å². The first-order valence-electron chi connectivity index (χ1n) is 6.52. The average Bonchev–Trinajstić information content (AvgIpc) is 2.45. The van der Waals surface area contributed by atoms with Crippen LogP contribution in [0.25, 0.3) is 0 Å².